The molecule has 0 saturated carbocycles. The summed E-state index contributed by atoms with van der Waals surface area (Å²) in [6.45, 7) is 1.42. The van der Waals surface area contributed by atoms with Gasteiger partial charge in [-0.1, -0.05) is 32.7 Å². The highest BCUT2D eigenvalue weighted by Crippen LogP contribution is 2.28. The molecule has 0 radical (unpaired) electrons. The second kappa shape index (κ2) is 5.62. The summed E-state index contributed by atoms with van der Waals surface area (Å²) in [4.78, 5) is 0. The van der Waals surface area contributed by atoms with Crippen LogP contribution in [0.1, 0.15) is 6.42 Å². The number of halogens is 2. The van der Waals surface area contributed by atoms with Crippen molar-refractivity contribution in [3.05, 3.63) is 33.9 Å². The lowest BCUT2D eigenvalue weighted by atomic mass is 10.2. The van der Waals surface area contributed by atoms with E-state index < -0.39 is 0 Å². The van der Waals surface area contributed by atoms with Crippen molar-refractivity contribution in [2.45, 2.75) is 13.0 Å². The number of hydrogen-bond donors (Lipinski definition) is 1. The zero-order valence-electron chi connectivity index (χ0n) is 9.11. The second-order valence-electron chi connectivity index (χ2n) is 3.63. The molecule has 0 atom stereocenters. The molecule has 1 aromatic heterocycles. The molecule has 6 heteroatoms. The molecule has 0 aliphatic carbocycles. The Labute approximate surface area is 113 Å². The molecule has 2 N–H and O–H groups in total. The summed E-state index contributed by atoms with van der Waals surface area (Å²) in [7, 11) is 0. The number of benzene rings is 1. The van der Waals surface area contributed by atoms with Gasteiger partial charge in [0.2, 0.25) is 0 Å². The lowest BCUT2D eigenvalue weighted by Gasteiger charge is -2.00. The van der Waals surface area contributed by atoms with Gasteiger partial charge in [-0.15, -0.1) is 5.10 Å². The third-order valence-electron chi connectivity index (χ3n) is 2.33. The van der Waals surface area contributed by atoms with Crippen molar-refractivity contribution in [2.75, 3.05) is 6.54 Å². The van der Waals surface area contributed by atoms with Gasteiger partial charge in [0.1, 0.15) is 5.69 Å². The van der Waals surface area contributed by atoms with Gasteiger partial charge in [-0.05, 0) is 31.2 Å². The molecule has 2 aromatic rings. The molecule has 0 saturated heterocycles. The molecular formula is C11H12BrClN4. The predicted octanol–water partition coefficient (Wildman–Crippen LogP) is 2.71. The molecule has 0 spiro atoms. The van der Waals surface area contributed by atoms with E-state index in [9.17, 15) is 0 Å². The zero-order chi connectivity index (χ0) is 12.3. The SMILES string of the molecule is NCCCn1cc(-c2cc(Br)ccc2Cl)nn1. The zero-order valence-corrected chi connectivity index (χ0v) is 11.4. The minimum atomic E-state index is 0.646. The topological polar surface area (TPSA) is 56.7 Å². The molecule has 0 bridgehead atoms. The van der Waals surface area contributed by atoms with E-state index in [0.717, 1.165) is 28.7 Å². The molecule has 2 rings (SSSR count). The number of rotatable bonds is 4. The summed E-state index contributed by atoms with van der Waals surface area (Å²) in [5, 5.41) is 8.81. The van der Waals surface area contributed by atoms with Crippen LogP contribution in [0.4, 0.5) is 0 Å². The molecule has 0 aliphatic rings. The van der Waals surface area contributed by atoms with Gasteiger partial charge in [0.15, 0.2) is 0 Å². The Kier molecular flexibility index (Phi) is 4.15. The first kappa shape index (κ1) is 12.5. The van der Waals surface area contributed by atoms with Crippen molar-refractivity contribution in [3.63, 3.8) is 0 Å². The van der Waals surface area contributed by atoms with E-state index in [2.05, 4.69) is 26.2 Å². The summed E-state index contributed by atoms with van der Waals surface area (Å²) in [5.74, 6) is 0. The lowest BCUT2D eigenvalue weighted by Crippen LogP contribution is -2.06. The van der Waals surface area contributed by atoms with Gasteiger partial charge >= 0.3 is 0 Å². The summed E-state index contributed by atoms with van der Waals surface area (Å²) in [6, 6.07) is 5.66. The smallest absolute Gasteiger partial charge is 0.114 e. The van der Waals surface area contributed by atoms with E-state index in [-0.39, 0.29) is 0 Å². The first-order valence-corrected chi connectivity index (χ1v) is 6.43. The molecular weight excluding hydrogens is 304 g/mol. The van der Waals surface area contributed by atoms with Crippen molar-refractivity contribution in [3.8, 4) is 11.3 Å². The largest absolute Gasteiger partial charge is 0.330 e. The maximum absolute atomic E-state index is 6.13. The van der Waals surface area contributed by atoms with Crippen molar-refractivity contribution < 1.29 is 0 Å². The van der Waals surface area contributed by atoms with E-state index in [0.29, 0.717) is 11.6 Å². The van der Waals surface area contributed by atoms with Gasteiger partial charge in [0, 0.05) is 16.6 Å². The highest BCUT2D eigenvalue weighted by Gasteiger charge is 2.08. The number of aromatic nitrogens is 3. The third kappa shape index (κ3) is 3.06. The van der Waals surface area contributed by atoms with Crippen molar-refractivity contribution in [1.29, 1.82) is 0 Å². The summed E-state index contributed by atoms with van der Waals surface area (Å²) < 4.78 is 2.74. The van der Waals surface area contributed by atoms with E-state index in [1.807, 2.05) is 24.4 Å². The van der Waals surface area contributed by atoms with Gasteiger partial charge in [-0.2, -0.15) is 0 Å². The van der Waals surface area contributed by atoms with Gasteiger partial charge < -0.3 is 5.73 Å². The highest BCUT2D eigenvalue weighted by molar-refractivity contribution is 9.10. The average Bonchev–Trinajstić information content (AvgIpc) is 2.78. The fraction of sp³-hybridized carbons (Fsp3) is 0.273. The Morgan fingerprint density at radius 1 is 1.41 bits per heavy atom. The predicted molar refractivity (Wildman–Crippen MR) is 71.8 cm³/mol. The van der Waals surface area contributed by atoms with E-state index >= 15 is 0 Å². The molecule has 1 heterocycles. The summed E-state index contributed by atoms with van der Waals surface area (Å²) in [5.41, 5.74) is 7.10. The molecule has 0 fully saturated rings. The van der Waals surface area contributed by atoms with Crippen LogP contribution in [-0.2, 0) is 6.54 Å². The van der Waals surface area contributed by atoms with Gasteiger partial charge in [-0.25, -0.2) is 0 Å². The lowest BCUT2D eigenvalue weighted by molar-refractivity contribution is 0.564. The average molecular weight is 316 g/mol. The van der Waals surface area contributed by atoms with Crippen LogP contribution in [0, 0.1) is 0 Å². The van der Waals surface area contributed by atoms with Crippen molar-refractivity contribution >= 4 is 27.5 Å². The maximum Gasteiger partial charge on any atom is 0.114 e. The van der Waals surface area contributed by atoms with Gasteiger partial charge in [0.25, 0.3) is 0 Å². The van der Waals surface area contributed by atoms with Gasteiger partial charge in [-0.3, -0.25) is 4.68 Å². The van der Waals surface area contributed by atoms with Crippen LogP contribution in [0.25, 0.3) is 11.3 Å². The minimum Gasteiger partial charge on any atom is -0.330 e. The Balaban J connectivity index is 2.27. The second-order valence-corrected chi connectivity index (χ2v) is 4.96. The first-order valence-electron chi connectivity index (χ1n) is 5.26. The molecule has 1 aromatic carbocycles. The molecule has 0 amide bonds. The van der Waals surface area contributed by atoms with E-state index in [4.69, 9.17) is 17.3 Å². The summed E-state index contributed by atoms with van der Waals surface area (Å²) in [6.07, 6.45) is 2.76. The van der Waals surface area contributed by atoms with E-state index in [1.54, 1.807) is 4.68 Å². The van der Waals surface area contributed by atoms with Crippen LogP contribution in [0.3, 0.4) is 0 Å². The third-order valence-corrected chi connectivity index (χ3v) is 3.16. The monoisotopic (exact) mass is 314 g/mol. The summed E-state index contributed by atoms with van der Waals surface area (Å²) >= 11 is 9.54. The Hall–Kier alpha value is -0.910. The Morgan fingerprint density at radius 2 is 2.24 bits per heavy atom. The van der Waals surface area contributed by atoms with Crippen LogP contribution in [0.5, 0.6) is 0 Å². The van der Waals surface area contributed by atoms with Crippen molar-refractivity contribution in [1.82, 2.24) is 15.0 Å². The van der Waals surface area contributed by atoms with Crippen molar-refractivity contribution in [2.24, 2.45) is 5.73 Å². The highest BCUT2D eigenvalue weighted by atomic mass is 79.9. The molecule has 4 nitrogen and oxygen atoms in total. The van der Waals surface area contributed by atoms with Crippen LogP contribution in [0.2, 0.25) is 5.02 Å². The van der Waals surface area contributed by atoms with Gasteiger partial charge in [0.05, 0.1) is 11.2 Å². The number of nitrogens with two attached hydrogens (primary N) is 1. The molecule has 0 aliphatic heterocycles. The van der Waals surface area contributed by atoms with Crippen LogP contribution < -0.4 is 5.73 Å². The Morgan fingerprint density at radius 3 is 3.00 bits per heavy atom. The number of nitrogens with zero attached hydrogens (tertiary/aromatic N) is 3. The Bertz CT molecular complexity index is 512. The quantitative estimate of drug-likeness (QED) is 0.944. The molecule has 90 valence electrons. The fourth-order valence-electron chi connectivity index (χ4n) is 1.48. The minimum absolute atomic E-state index is 0.646. The number of hydrogen-bond acceptors (Lipinski definition) is 3. The van der Waals surface area contributed by atoms with E-state index in [1.165, 1.54) is 0 Å². The standard InChI is InChI=1S/C11H12BrClN4/c12-8-2-3-10(13)9(6-8)11-7-17(16-15-11)5-1-4-14/h2-3,6-7H,1,4-5,14H2. The first-order chi connectivity index (χ1) is 8.20. The normalized spacial score (nSPS) is 10.8. The van der Waals surface area contributed by atoms with Crippen LogP contribution in [-0.4, -0.2) is 21.5 Å². The van der Waals surface area contributed by atoms with Crippen LogP contribution in [0.15, 0.2) is 28.9 Å². The fourth-order valence-corrected chi connectivity index (χ4v) is 2.05. The van der Waals surface area contributed by atoms with Crippen LogP contribution >= 0.6 is 27.5 Å². The molecule has 17 heavy (non-hydrogen) atoms. The molecule has 0 unspecified atom stereocenters. The maximum atomic E-state index is 6.13. The number of aryl methyl sites for hydroxylation is 1.